The summed E-state index contributed by atoms with van der Waals surface area (Å²) < 4.78 is 12.5. The monoisotopic (exact) mass is 430 g/mol. The van der Waals surface area contributed by atoms with E-state index < -0.39 is 0 Å². The smallest absolute Gasteiger partial charge is 0.119 e. The Morgan fingerprint density at radius 3 is 1.77 bits per heavy atom. The molecule has 0 fully saturated rings. The highest BCUT2D eigenvalue weighted by atomic mass is 79.9. The van der Waals surface area contributed by atoms with Gasteiger partial charge in [-0.2, -0.15) is 0 Å². The Morgan fingerprint density at radius 2 is 1.27 bits per heavy atom. The van der Waals surface area contributed by atoms with Gasteiger partial charge in [-0.3, -0.25) is 0 Å². The quantitative estimate of drug-likeness (QED) is 0.369. The normalized spacial score (nSPS) is 10.7. The van der Waals surface area contributed by atoms with Gasteiger partial charge in [0.25, 0.3) is 0 Å². The van der Waals surface area contributed by atoms with Crippen LogP contribution in [0.1, 0.15) is 26.7 Å². The van der Waals surface area contributed by atoms with E-state index in [4.69, 9.17) is 9.47 Å². The summed E-state index contributed by atoms with van der Waals surface area (Å²) in [6.07, 6.45) is 2.04. The molecular formula is C22H23BrO2S. The summed E-state index contributed by atoms with van der Waals surface area (Å²) in [6.45, 7) is 5.73. The van der Waals surface area contributed by atoms with Crippen molar-refractivity contribution in [2.45, 2.75) is 26.7 Å². The van der Waals surface area contributed by atoms with Gasteiger partial charge in [0, 0.05) is 10.4 Å². The molecule has 4 heteroatoms. The first-order chi connectivity index (χ1) is 12.7. The zero-order chi connectivity index (χ0) is 18.4. The zero-order valence-corrected chi connectivity index (χ0v) is 17.5. The molecule has 0 aliphatic rings. The number of halogens is 1. The van der Waals surface area contributed by atoms with Crippen molar-refractivity contribution < 1.29 is 9.47 Å². The Balaban J connectivity index is 1.78. The molecule has 1 aromatic heterocycles. The molecule has 0 unspecified atom stereocenters. The Hall–Kier alpha value is -1.78. The molecule has 0 bridgehead atoms. The molecule has 1 heterocycles. The molecule has 136 valence electrons. The SMILES string of the molecule is CCCOc1ccc(-c2cc(-c3ccc(OCCC)cc3)c(Br)s2)cc1. The summed E-state index contributed by atoms with van der Waals surface area (Å²) in [5.41, 5.74) is 3.60. The lowest BCUT2D eigenvalue weighted by Gasteiger charge is -2.05. The van der Waals surface area contributed by atoms with Crippen LogP contribution in [-0.4, -0.2) is 13.2 Å². The fourth-order valence-corrected chi connectivity index (χ4v) is 4.37. The molecule has 3 aromatic rings. The Morgan fingerprint density at radius 1 is 0.769 bits per heavy atom. The predicted molar refractivity (Wildman–Crippen MR) is 114 cm³/mol. The minimum Gasteiger partial charge on any atom is -0.494 e. The molecule has 0 radical (unpaired) electrons. The Labute approximate surface area is 167 Å². The van der Waals surface area contributed by atoms with E-state index in [9.17, 15) is 0 Å². The fraction of sp³-hybridized carbons (Fsp3) is 0.273. The number of hydrogen-bond acceptors (Lipinski definition) is 3. The van der Waals surface area contributed by atoms with Crippen molar-refractivity contribution in [3.8, 4) is 33.1 Å². The summed E-state index contributed by atoms with van der Waals surface area (Å²) in [5, 5.41) is 0. The number of thiophene rings is 1. The van der Waals surface area contributed by atoms with E-state index in [-0.39, 0.29) is 0 Å². The van der Waals surface area contributed by atoms with Gasteiger partial charge in [-0.1, -0.05) is 26.0 Å². The second kappa shape index (κ2) is 9.24. The van der Waals surface area contributed by atoms with Gasteiger partial charge in [-0.25, -0.2) is 0 Å². The summed E-state index contributed by atoms with van der Waals surface area (Å²) >= 11 is 5.47. The van der Waals surface area contributed by atoms with Gasteiger partial charge < -0.3 is 9.47 Å². The molecule has 2 aromatic carbocycles. The van der Waals surface area contributed by atoms with Crippen molar-refractivity contribution in [1.82, 2.24) is 0 Å². The number of ether oxygens (including phenoxy) is 2. The first-order valence-corrected chi connectivity index (χ1v) is 10.6. The number of hydrogen-bond donors (Lipinski definition) is 0. The van der Waals surface area contributed by atoms with Gasteiger partial charge in [0.1, 0.15) is 11.5 Å². The van der Waals surface area contributed by atoms with Gasteiger partial charge in [-0.15, -0.1) is 11.3 Å². The van der Waals surface area contributed by atoms with Gasteiger partial charge >= 0.3 is 0 Å². The molecule has 2 nitrogen and oxygen atoms in total. The summed E-state index contributed by atoms with van der Waals surface area (Å²) in [6, 6.07) is 18.9. The first kappa shape index (κ1) is 19.0. The lowest BCUT2D eigenvalue weighted by Crippen LogP contribution is -1.94. The third-order valence-corrected chi connectivity index (χ3v) is 5.82. The Bertz CT molecular complexity index is 822. The molecule has 0 amide bonds. The molecule has 0 saturated carbocycles. The Kier molecular flexibility index (Phi) is 6.75. The highest BCUT2D eigenvalue weighted by Gasteiger charge is 2.11. The highest BCUT2D eigenvalue weighted by Crippen LogP contribution is 2.41. The van der Waals surface area contributed by atoms with Crippen LogP contribution in [0.3, 0.4) is 0 Å². The van der Waals surface area contributed by atoms with Crippen molar-refractivity contribution in [3.05, 3.63) is 58.4 Å². The van der Waals surface area contributed by atoms with Gasteiger partial charge in [0.15, 0.2) is 0 Å². The maximum Gasteiger partial charge on any atom is 0.119 e. The van der Waals surface area contributed by atoms with Crippen LogP contribution in [0.4, 0.5) is 0 Å². The molecule has 26 heavy (non-hydrogen) atoms. The second-order valence-electron chi connectivity index (χ2n) is 6.04. The van der Waals surface area contributed by atoms with Crippen LogP contribution in [-0.2, 0) is 0 Å². The van der Waals surface area contributed by atoms with Crippen LogP contribution in [0.5, 0.6) is 11.5 Å². The molecule has 0 saturated heterocycles. The predicted octanol–water partition coefficient (Wildman–Crippen LogP) is 7.42. The lowest BCUT2D eigenvalue weighted by molar-refractivity contribution is 0.317. The van der Waals surface area contributed by atoms with Crippen molar-refractivity contribution >= 4 is 27.3 Å². The van der Waals surface area contributed by atoms with E-state index in [2.05, 4.69) is 60.1 Å². The van der Waals surface area contributed by atoms with Crippen molar-refractivity contribution in [3.63, 3.8) is 0 Å². The molecule has 0 aliphatic carbocycles. The third-order valence-electron chi connectivity index (χ3n) is 3.94. The minimum absolute atomic E-state index is 0.754. The fourth-order valence-electron chi connectivity index (χ4n) is 2.59. The molecule has 3 rings (SSSR count). The molecule has 0 aliphatic heterocycles. The second-order valence-corrected chi connectivity index (χ2v) is 8.41. The highest BCUT2D eigenvalue weighted by molar-refractivity contribution is 9.11. The lowest BCUT2D eigenvalue weighted by atomic mass is 10.1. The number of benzene rings is 2. The largest absolute Gasteiger partial charge is 0.494 e. The van der Waals surface area contributed by atoms with E-state index in [1.807, 2.05) is 24.3 Å². The average Bonchev–Trinajstić information content (AvgIpc) is 3.07. The van der Waals surface area contributed by atoms with E-state index in [0.717, 1.165) is 41.3 Å². The molecule has 0 N–H and O–H groups in total. The maximum absolute atomic E-state index is 5.67. The summed E-state index contributed by atoms with van der Waals surface area (Å²) in [7, 11) is 0. The summed E-state index contributed by atoms with van der Waals surface area (Å²) in [4.78, 5) is 1.24. The van der Waals surface area contributed by atoms with Crippen LogP contribution in [0.25, 0.3) is 21.6 Å². The van der Waals surface area contributed by atoms with Crippen molar-refractivity contribution in [2.24, 2.45) is 0 Å². The average molecular weight is 431 g/mol. The van der Waals surface area contributed by atoms with E-state index in [1.54, 1.807) is 11.3 Å². The van der Waals surface area contributed by atoms with Gasteiger partial charge in [0.2, 0.25) is 0 Å². The van der Waals surface area contributed by atoms with Crippen LogP contribution < -0.4 is 9.47 Å². The van der Waals surface area contributed by atoms with Crippen LogP contribution >= 0.6 is 27.3 Å². The molecule has 0 spiro atoms. The zero-order valence-electron chi connectivity index (χ0n) is 15.1. The van der Waals surface area contributed by atoms with Crippen LogP contribution in [0.2, 0.25) is 0 Å². The van der Waals surface area contributed by atoms with Gasteiger partial charge in [-0.05, 0) is 82.4 Å². The van der Waals surface area contributed by atoms with Crippen molar-refractivity contribution in [2.75, 3.05) is 13.2 Å². The topological polar surface area (TPSA) is 18.5 Å². The summed E-state index contributed by atoms with van der Waals surface area (Å²) in [5.74, 6) is 1.85. The van der Waals surface area contributed by atoms with E-state index in [0.29, 0.717) is 0 Å². The number of rotatable bonds is 8. The van der Waals surface area contributed by atoms with E-state index >= 15 is 0 Å². The van der Waals surface area contributed by atoms with Crippen LogP contribution in [0, 0.1) is 0 Å². The first-order valence-electron chi connectivity index (χ1n) is 8.97. The minimum atomic E-state index is 0.754. The molecular weight excluding hydrogens is 408 g/mol. The van der Waals surface area contributed by atoms with Gasteiger partial charge in [0.05, 0.1) is 17.0 Å². The molecule has 0 atom stereocenters. The van der Waals surface area contributed by atoms with Crippen LogP contribution in [0.15, 0.2) is 58.4 Å². The van der Waals surface area contributed by atoms with Crippen molar-refractivity contribution in [1.29, 1.82) is 0 Å². The standard InChI is InChI=1S/C22H23BrO2S/c1-3-13-24-18-9-5-16(6-10-18)20-15-21(26-22(20)23)17-7-11-19(12-8-17)25-14-4-2/h5-12,15H,3-4,13-14H2,1-2H3. The van der Waals surface area contributed by atoms with E-state index in [1.165, 1.54) is 21.6 Å². The maximum atomic E-state index is 5.67. The third kappa shape index (κ3) is 4.68.